The maximum absolute atomic E-state index is 4.29. The van der Waals surface area contributed by atoms with E-state index in [4.69, 9.17) is 0 Å². The first-order valence-electron chi connectivity index (χ1n) is 7.07. The van der Waals surface area contributed by atoms with Gasteiger partial charge >= 0.3 is 0 Å². The zero-order chi connectivity index (χ0) is 13.7. The van der Waals surface area contributed by atoms with Crippen LogP contribution in [0.1, 0.15) is 32.8 Å². The Balaban J connectivity index is 2.10. The number of anilines is 1. The Morgan fingerprint density at radius 3 is 2.95 bits per heavy atom. The summed E-state index contributed by atoms with van der Waals surface area (Å²) in [6.45, 7) is 9.80. The molecule has 0 amide bonds. The van der Waals surface area contributed by atoms with Crippen LogP contribution in [0.4, 0.5) is 5.69 Å². The van der Waals surface area contributed by atoms with Gasteiger partial charge < -0.3 is 10.2 Å². The third-order valence-electron chi connectivity index (χ3n) is 3.25. The van der Waals surface area contributed by atoms with E-state index >= 15 is 0 Å². The molecule has 19 heavy (non-hydrogen) atoms. The van der Waals surface area contributed by atoms with E-state index in [2.05, 4.69) is 53.8 Å². The molecule has 1 aromatic rings. The van der Waals surface area contributed by atoms with E-state index in [1.54, 1.807) is 0 Å². The quantitative estimate of drug-likeness (QED) is 0.921. The molecule has 106 valence electrons. The lowest BCUT2D eigenvalue weighted by molar-refractivity contribution is 0.424. The van der Waals surface area contributed by atoms with Crippen LogP contribution in [0.15, 0.2) is 18.5 Å². The molecule has 2 heterocycles. The molecule has 2 rings (SSSR count). The van der Waals surface area contributed by atoms with Crippen molar-refractivity contribution in [1.82, 2.24) is 10.3 Å². The third kappa shape index (κ3) is 4.69. The van der Waals surface area contributed by atoms with E-state index in [9.17, 15) is 0 Å². The molecule has 0 spiro atoms. The minimum Gasteiger partial charge on any atom is -0.370 e. The molecular formula is C15H25N3S. The standard InChI is InChI=1S/C15H25N3S/c1-15(2,3)17-12-13-11-16-6-5-14(13)18-7-4-9-19-10-8-18/h5-6,11,17H,4,7-10,12H2,1-3H3. The van der Waals surface area contributed by atoms with Crippen LogP contribution in [0.5, 0.6) is 0 Å². The van der Waals surface area contributed by atoms with Crippen LogP contribution >= 0.6 is 11.8 Å². The Kier molecular flexibility index (Phi) is 5.11. The number of aromatic nitrogens is 1. The lowest BCUT2D eigenvalue weighted by Crippen LogP contribution is -2.36. The van der Waals surface area contributed by atoms with E-state index in [1.807, 2.05) is 12.4 Å². The number of hydrogen-bond acceptors (Lipinski definition) is 4. The normalized spacial score (nSPS) is 17.3. The fraction of sp³-hybridized carbons (Fsp3) is 0.667. The highest BCUT2D eigenvalue weighted by Gasteiger charge is 2.15. The van der Waals surface area contributed by atoms with E-state index in [-0.39, 0.29) is 5.54 Å². The fourth-order valence-corrected chi connectivity index (χ4v) is 3.10. The molecule has 1 aliphatic rings. The highest BCUT2D eigenvalue weighted by atomic mass is 32.2. The highest BCUT2D eigenvalue weighted by molar-refractivity contribution is 7.99. The third-order valence-corrected chi connectivity index (χ3v) is 4.30. The number of nitrogens with one attached hydrogen (secondary N) is 1. The zero-order valence-corrected chi connectivity index (χ0v) is 13.1. The SMILES string of the molecule is CC(C)(C)NCc1cnccc1N1CCCSCC1. The lowest BCUT2D eigenvalue weighted by Gasteiger charge is -2.27. The Hall–Kier alpha value is -0.740. The molecule has 1 aliphatic heterocycles. The van der Waals surface area contributed by atoms with Gasteiger partial charge in [0, 0.05) is 54.6 Å². The molecule has 0 radical (unpaired) electrons. The van der Waals surface area contributed by atoms with Crippen LogP contribution in [0.25, 0.3) is 0 Å². The van der Waals surface area contributed by atoms with Crippen LogP contribution < -0.4 is 10.2 Å². The molecule has 1 saturated heterocycles. The van der Waals surface area contributed by atoms with Gasteiger partial charge in [0.25, 0.3) is 0 Å². The lowest BCUT2D eigenvalue weighted by atomic mass is 10.1. The fourth-order valence-electron chi connectivity index (χ4n) is 2.21. The van der Waals surface area contributed by atoms with Crippen molar-refractivity contribution in [2.75, 3.05) is 29.5 Å². The number of nitrogens with zero attached hydrogens (tertiary/aromatic N) is 2. The summed E-state index contributed by atoms with van der Waals surface area (Å²) in [6.07, 6.45) is 5.19. The maximum atomic E-state index is 4.29. The summed E-state index contributed by atoms with van der Waals surface area (Å²) in [6, 6.07) is 2.16. The van der Waals surface area contributed by atoms with Gasteiger partial charge in [0.2, 0.25) is 0 Å². The Bertz CT molecular complexity index is 393. The van der Waals surface area contributed by atoms with Crippen LogP contribution in [0.3, 0.4) is 0 Å². The zero-order valence-electron chi connectivity index (χ0n) is 12.3. The van der Waals surface area contributed by atoms with Crippen LogP contribution in [0, 0.1) is 0 Å². The average molecular weight is 279 g/mol. The molecule has 0 atom stereocenters. The molecular weight excluding hydrogens is 254 g/mol. The van der Waals surface area contributed by atoms with E-state index in [0.29, 0.717) is 0 Å². The van der Waals surface area contributed by atoms with E-state index in [0.717, 1.165) is 13.1 Å². The summed E-state index contributed by atoms with van der Waals surface area (Å²) in [5.41, 5.74) is 2.81. The number of pyridine rings is 1. The van der Waals surface area contributed by atoms with Crippen molar-refractivity contribution in [1.29, 1.82) is 0 Å². The maximum Gasteiger partial charge on any atom is 0.0443 e. The van der Waals surface area contributed by atoms with Crippen LogP contribution in [-0.4, -0.2) is 35.1 Å². The minimum atomic E-state index is 0.141. The van der Waals surface area contributed by atoms with Crippen molar-refractivity contribution in [3.8, 4) is 0 Å². The van der Waals surface area contributed by atoms with Crippen LogP contribution in [-0.2, 0) is 6.54 Å². The second-order valence-electron chi connectivity index (χ2n) is 6.06. The second-order valence-corrected chi connectivity index (χ2v) is 7.29. The van der Waals surface area contributed by atoms with Crippen molar-refractivity contribution in [3.63, 3.8) is 0 Å². The first kappa shape index (κ1) is 14.7. The van der Waals surface area contributed by atoms with Crippen molar-refractivity contribution in [3.05, 3.63) is 24.0 Å². The van der Waals surface area contributed by atoms with Gasteiger partial charge in [-0.25, -0.2) is 0 Å². The Labute approximate surface area is 121 Å². The molecule has 0 saturated carbocycles. The number of rotatable bonds is 3. The van der Waals surface area contributed by atoms with Gasteiger partial charge in [-0.1, -0.05) is 0 Å². The summed E-state index contributed by atoms with van der Waals surface area (Å²) in [5.74, 6) is 2.52. The van der Waals surface area contributed by atoms with Crippen molar-refractivity contribution in [2.24, 2.45) is 0 Å². The van der Waals surface area contributed by atoms with E-state index < -0.39 is 0 Å². The number of hydrogen-bond donors (Lipinski definition) is 1. The largest absolute Gasteiger partial charge is 0.370 e. The smallest absolute Gasteiger partial charge is 0.0443 e. The molecule has 3 nitrogen and oxygen atoms in total. The summed E-state index contributed by atoms with van der Waals surface area (Å²) in [5, 5.41) is 3.56. The minimum absolute atomic E-state index is 0.141. The monoisotopic (exact) mass is 279 g/mol. The van der Waals surface area contributed by atoms with Crippen molar-refractivity contribution < 1.29 is 0 Å². The molecule has 4 heteroatoms. The van der Waals surface area contributed by atoms with E-state index in [1.165, 1.54) is 35.7 Å². The average Bonchev–Trinajstić information content (AvgIpc) is 2.64. The van der Waals surface area contributed by atoms with Gasteiger partial charge in [-0.2, -0.15) is 11.8 Å². The molecule has 0 bridgehead atoms. The molecule has 1 N–H and O–H groups in total. The van der Waals surface area contributed by atoms with Crippen molar-refractivity contribution in [2.45, 2.75) is 39.3 Å². The van der Waals surface area contributed by atoms with Crippen molar-refractivity contribution >= 4 is 17.4 Å². The predicted molar refractivity (Wildman–Crippen MR) is 85.0 cm³/mol. The Morgan fingerprint density at radius 1 is 1.32 bits per heavy atom. The molecule has 0 aromatic carbocycles. The predicted octanol–water partition coefficient (Wildman–Crippen LogP) is 2.91. The molecule has 1 fully saturated rings. The van der Waals surface area contributed by atoms with Gasteiger partial charge in [-0.3, -0.25) is 4.98 Å². The van der Waals surface area contributed by atoms with Gasteiger partial charge in [0.1, 0.15) is 0 Å². The molecule has 0 unspecified atom stereocenters. The van der Waals surface area contributed by atoms with Gasteiger partial charge in [-0.15, -0.1) is 0 Å². The number of thioether (sulfide) groups is 1. The second kappa shape index (κ2) is 6.62. The first-order valence-corrected chi connectivity index (χ1v) is 8.22. The summed E-state index contributed by atoms with van der Waals surface area (Å²) < 4.78 is 0. The van der Waals surface area contributed by atoms with Gasteiger partial charge in [-0.05, 0) is 39.0 Å². The topological polar surface area (TPSA) is 28.2 Å². The summed E-state index contributed by atoms with van der Waals surface area (Å²) in [4.78, 5) is 6.81. The summed E-state index contributed by atoms with van der Waals surface area (Å²) in [7, 11) is 0. The van der Waals surface area contributed by atoms with Gasteiger partial charge in [0.05, 0.1) is 0 Å². The highest BCUT2D eigenvalue weighted by Crippen LogP contribution is 2.23. The molecule has 0 aliphatic carbocycles. The molecule has 1 aromatic heterocycles. The summed E-state index contributed by atoms with van der Waals surface area (Å²) >= 11 is 2.06. The van der Waals surface area contributed by atoms with Crippen LogP contribution in [0.2, 0.25) is 0 Å². The first-order chi connectivity index (χ1) is 9.06. The van der Waals surface area contributed by atoms with Gasteiger partial charge in [0.15, 0.2) is 0 Å². The Morgan fingerprint density at radius 2 is 2.16 bits per heavy atom.